The molecule has 0 bridgehead atoms. The van der Waals surface area contributed by atoms with Crippen molar-refractivity contribution in [2.24, 2.45) is 0 Å². The highest BCUT2D eigenvalue weighted by Crippen LogP contribution is 2.22. The minimum absolute atomic E-state index is 0.683. The Labute approximate surface area is 77.4 Å². The summed E-state index contributed by atoms with van der Waals surface area (Å²) >= 11 is 6.01. The molecule has 0 atom stereocenters. The molecule has 1 heterocycles. The molecule has 0 amide bonds. The van der Waals surface area contributed by atoms with Crippen LogP contribution in [0.15, 0.2) is 0 Å². The van der Waals surface area contributed by atoms with E-state index in [1.807, 2.05) is 13.8 Å². The average molecular weight is 186 g/mol. The van der Waals surface area contributed by atoms with Crippen LogP contribution in [-0.2, 0) is 0 Å². The Bertz CT molecular complexity index is 229. The molecule has 1 aromatic heterocycles. The molecular formula is C9H12ClNO. The van der Waals surface area contributed by atoms with Gasteiger partial charge in [-0.3, -0.25) is 0 Å². The Morgan fingerprint density at radius 3 is 1.67 bits per heavy atom. The first-order valence-electron chi connectivity index (χ1n) is 3.82. The van der Waals surface area contributed by atoms with Crippen molar-refractivity contribution >= 4 is 11.6 Å². The Hall–Kier alpha value is -0.760. The quantitative estimate of drug-likeness (QED) is 0.450. The van der Waals surface area contributed by atoms with Crippen molar-refractivity contribution in [2.75, 3.05) is 0 Å². The molecule has 0 aliphatic carbocycles. The fourth-order valence-electron chi connectivity index (χ4n) is 1.16. The molecule has 0 aliphatic heterocycles. The number of hydrogen-bond acceptors (Lipinski definition) is 1. The summed E-state index contributed by atoms with van der Waals surface area (Å²) in [6.45, 7) is 7.28. The molecule has 66 valence electrons. The third-order valence-electron chi connectivity index (χ3n) is 2.35. The van der Waals surface area contributed by atoms with Gasteiger partial charge in [0.1, 0.15) is 0 Å². The van der Waals surface area contributed by atoms with E-state index in [2.05, 4.69) is 0 Å². The van der Waals surface area contributed by atoms with Gasteiger partial charge in [-0.15, -0.1) is 0 Å². The zero-order valence-electron chi connectivity index (χ0n) is 7.73. The standard InChI is InChI=1S/C9H12ClNO/c1-5-7(3)11(12)8(4)6(2)9(5)10/h1-4H3. The van der Waals surface area contributed by atoms with Crippen molar-refractivity contribution in [2.45, 2.75) is 27.7 Å². The van der Waals surface area contributed by atoms with Crippen LogP contribution in [0.2, 0.25) is 5.02 Å². The normalized spacial score (nSPS) is 10.4. The molecule has 1 rings (SSSR count). The van der Waals surface area contributed by atoms with E-state index in [4.69, 9.17) is 11.6 Å². The van der Waals surface area contributed by atoms with Gasteiger partial charge >= 0.3 is 0 Å². The molecule has 0 radical (unpaired) electrons. The van der Waals surface area contributed by atoms with Gasteiger partial charge in [0.15, 0.2) is 11.4 Å². The van der Waals surface area contributed by atoms with Gasteiger partial charge in [-0.1, -0.05) is 11.6 Å². The predicted molar refractivity (Wildman–Crippen MR) is 49.4 cm³/mol. The first-order chi connectivity index (χ1) is 5.46. The van der Waals surface area contributed by atoms with Crippen LogP contribution >= 0.6 is 11.6 Å². The largest absolute Gasteiger partial charge is 0.618 e. The monoisotopic (exact) mass is 185 g/mol. The number of halogens is 1. The molecule has 12 heavy (non-hydrogen) atoms. The van der Waals surface area contributed by atoms with E-state index >= 15 is 0 Å². The summed E-state index contributed by atoms with van der Waals surface area (Å²) < 4.78 is 0.927. The Kier molecular flexibility index (Phi) is 2.29. The van der Waals surface area contributed by atoms with Crippen LogP contribution in [0.3, 0.4) is 0 Å². The van der Waals surface area contributed by atoms with Crippen LogP contribution in [-0.4, -0.2) is 0 Å². The lowest BCUT2D eigenvalue weighted by Crippen LogP contribution is -2.35. The third-order valence-corrected chi connectivity index (χ3v) is 2.92. The molecule has 0 saturated heterocycles. The lowest BCUT2D eigenvalue weighted by molar-refractivity contribution is -0.619. The second-order valence-electron chi connectivity index (χ2n) is 3.03. The van der Waals surface area contributed by atoms with Crippen LogP contribution in [0.1, 0.15) is 22.5 Å². The zero-order chi connectivity index (χ0) is 9.46. The molecule has 0 saturated carbocycles. The molecule has 0 N–H and O–H groups in total. The van der Waals surface area contributed by atoms with Crippen LogP contribution in [0.25, 0.3) is 0 Å². The van der Waals surface area contributed by atoms with Gasteiger partial charge in [-0.25, -0.2) is 0 Å². The predicted octanol–water partition coefficient (Wildman–Crippen LogP) is 2.21. The summed E-state index contributed by atoms with van der Waals surface area (Å²) in [5, 5.41) is 12.1. The lowest BCUT2D eigenvalue weighted by atomic mass is 10.1. The fourth-order valence-corrected chi connectivity index (χ4v) is 1.43. The van der Waals surface area contributed by atoms with E-state index in [1.54, 1.807) is 13.8 Å². The molecule has 0 aliphatic rings. The SMILES string of the molecule is Cc1c(Cl)c(C)c(C)[n+]([O-])c1C. The van der Waals surface area contributed by atoms with Gasteiger partial charge < -0.3 is 5.21 Å². The minimum Gasteiger partial charge on any atom is -0.618 e. The van der Waals surface area contributed by atoms with Crippen molar-refractivity contribution in [1.82, 2.24) is 0 Å². The number of hydrogen-bond donors (Lipinski definition) is 0. The van der Waals surface area contributed by atoms with Crippen LogP contribution in [0.4, 0.5) is 0 Å². The van der Waals surface area contributed by atoms with Gasteiger partial charge in [0.25, 0.3) is 0 Å². The topological polar surface area (TPSA) is 26.9 Å². The Morgan fingerprint density at radius 2 is 1.33 bits per heavy atom. The highest BCUT2D eigenvalue weighted by molar-refractivity contribution is 6.32. The van der Waals surface area contributed by atoms with Gasteiger partial charge in [-0.2, -0.15) is 4.73 Å². The summed E-state index contributed by atoms with van der Waals surface area (Å²) in [6.07, 6.45) is 0. The van der Waals surface area contributed by atoms with E-state index in [0.29, 0.717) is 16.4 Å². The minimum atomic E-state index is 0.683. The van der Waals surface area contributed by atoms with Crippen LogP contribution in [0.5, 0.6) is 0 Å². The first kappa shape index (κ1) is 9.33. The summed E-state index contributed by atoms with van der Waals surface area (Å²) in [4.78, 5) is 0. The van der Waals surface area contributed by atoms with Crippen molar-refractivity contribution in [1.29, 1.82) is 0 Å². The maximum absolute atomic E-state index is 11.4. The van der Waals surface area contributed by atoms with Crippen molar-refractivity contribution in [3.8, 4) is 0 Å². The first-order valence-corrected chi connectivity index (χ1v) is 4.20. The van der Waals surface area contributed by atoms with Gasteiger partial charge in [0, 0.05) is 25.0 Å². The summed E-state index contributed by atoms with van der Waals surface area (Å²) in [5.74, 6) is 0. The molecular weight excluding hydrogens is 174 g/mol. The molecule has 2 nitrogen and oxygen atoms in total. The molecule has 0 fully saturated rings. The number of nitrogens with zero attached hydrogens (tertiary/aromatic N) is 1. The van der Waals surface area contributed by atoms with Crippen molar-refractivity contribution in [3.63, 3.8) is 0 Å². The van der Waals surface area contributed by atoms with Gasteiger partial charge in [0.2, 0.25) is 0 Å². The summed E-state index contributed by atoms with van der Waals surface area (Å²) in [6, 6.07) is 0. The molecule has 1 aromatic rings. The van der Waals surface area contributed by atoms with E-state index in [0.717, 1.165) is 15.9 Å². The molecule has 0 spiro atoms. The van der Waals surface area contributed by atoms with E-state index < -0.39 is 0 Å². The summed E-state index contributed by atoms with van der Waals surface area (Å²) in [7, 11) is 0. The maximum atomic E-state index is 11.4. The second kappa shape index (κ2) is 2.94. The van der Waals surface area contributed by atoms with E-state index in [1.165, 1.54) is 0 Å². The number of aromatic nitrogens is 1. The second-order valence-corrected chi connectivity index (χ2v) is 3.41. The number of rotatable bonds is 0. The Morgan fingerprint density at radius 1 is 1.00 bits per heavy atom. The number of pyridine rings is 1. The average Bonchev–Trinajstić information content (AvgIpc) is 2.08. The molecule has 0 aromatic carbocycles. The summed E-state index contributed by atoms with van der Waals surface area (Å²) in [5.41, 5.74) is 3.11. The van der Waals surface area contributed by atoms with Gasteiger partial charge in [-0.05, 0) is 13.8 Å². The third kappa shape index (κ3) is 1.16. The maximum Gasteiger partial charge on any atom is 0.194 e. The highest BCUT2D eigenvalue weighted by Gasteiger charge is 2.15. The molecule has 3 heteroatoms. The molecule has 0 unspecified atom stereocenters. The van der Waals surface area contributed by atoms with E-state index in [-0.39, 0.29) is 0 Å². The van der Waals surface area contributed by atoms with Crippen molar-refractivity contribution < 1.29 is 4.73 Å². The van der Waals surface area contributed by atoms with Crippen LogP contribution in [0, 0.1) is 32.9 Å². The fraction of sp³-hybridized carbons (Fsp3) is 0.444. The Balaban J connectivity index is 3.60. The van der Waals surface area contributed by atoms with Gasteiger partial charge in [0.05, 0.1) is 5.02 Å². The van der Waals surface area contributed by atoms with E-state index in [9.17, 15) is 5.21 Å². The van der Waals surface area contributed by atoms with Crippen molar-refractivity contribution in [3.05, 3.63) is 32.7 Å². The smallest absolute Gasteiger partial charge is 0.194 e. The zero-order valence-corrected chi connectivity index (χ0v) is 8.49. The lowest BCUT2D eigenvalue weighted by Gasteiger charge is -2.10. The highest BCUT2D eigenvalue weighted by atomic mass is 35.5. The van der Waals surface area contributed by atoms with Crippen LogP contribution < -0.4 is 4.73 Å².